The average Bonchev–Trinajstić information content (AvgIpc) is 3.15. The number of hydrogen-bond donors (Lipinski definition) is 3. The van der Waals surface area contributed by atoms with Crippen molar-refractivity contribution in [1.82, 2.24) is 15.1 Å². The maximum atomic E-state index is 13.3. The lowest BCUT2D eigenvalue weighted by Gasteiger charge is -2.39. The molecule has 0 saturated heterocycles. The molecule has 3 N–H and O–H groups in total. The molecule has 1 aliphatic carbocycles. The maximum Gasteiger partial charge on any atom is 0.391 e. The maximum absolute atomic E-state index is 13.3. The van der Waals surface area contributed by atoms with Gasteiger partial charge >= 0.3 is 12.8 Å². The fourth-order valence-corrected chi connectivity index (χ4v) is 4.79. The van der Waals surface area contributed by atoms with Gasteiger partial charge in [-0.15, -0.1) is 0 Å². The van der Waals surface area contributed by atoms with Crippen LogP contribution in [0.25, 0.3) is 11.3 Å². The van der Waals surface area contributed by atoms with Gasteiger partial charge in [-0.25, -0.2) is 0 Å². The first kappa shape index (κ1) is 29.8. The smallest absolute Gasteiger partial charge is 0.391 e. The Morgan fingerprint density at radius 3 is 2.61 bits per heavy atom. The summed E-state index contributed by atoms with van der Waals surface area (Å²) in [7, 11) is 0. The van der Waals surface area contributed by atoms with Crippen LogP contribution in [0.5, 0.6) is 5.75 Å². The number of aryl methyl sites for hydroxylation is 1. The number of alkyl halides is 5. The van der Waals surface area contributed by atoms with Crippen LogP contribution in [0.2, 0.25) is 0 Å². The van der Waals surface area contributed by atoms with E-state index in [2.05, 4.69) is 15.2 Å². The second-order valence-corrected chi connectivity index (χ2v) is 10.2. The third-order valence-electron chi connectivity index (χ3n) is 7.19. The van der Waals surface area contributed by atoms with Crippen molar-refractivity contribution < 1.29 is 41.7 Å². The molecule has 1 saturated carbocycles. The third kappa shape index (κ3) is 6.63. The van der Waals surface area contributed by atoms with Gasteiger partial charge in [0.2, 0.25) is 0 Å². The summed E-state index contributed by atoms with van der Waals surface area (Å²) in [6, 6.07) is 3.94. The molecule has 7 nitrogen and oxygen atoms in total. The quantitative estimate of drug-likeness (QED) is 0.390. The first-order valence-corrected chi connectivity index (χ1v) is 12.6. The molecule has 0 aliphatic heterocycles. The van der Waals surface area contributed by atoms with Crippen molar-refractivity contribution in [2.24, 2.45) is 11.8 Å². The van der Waals surface area contributed by atoms with Crippen molar-refractivity contribution >= 4 is 5.91 Å². The second kappa shape index (κ2) is 11.6. The first-order chi connectivity index (χ1) is 17.7. The first-order valence-electron chi connectivity index (χ1n) is 12.6. The molecule has 1 heterocycles. The lowest BCUT2D eigenvalue weighted by atomic mass is 9.77. The summed E-state index contributed by atoms with van der Waals surface area (Å²) in [6.45, 7) is 3.11. The Bertz CT molecular complexity index is 1140. The molecular formula is C26H34F5N3O4. The lowest BCUT2D eigenvalue weighted by Crippen LogP contribution is -2.54. The molecule has 38 heavy (non-hydrogen) atoms. The van der Waals surface area contributed by atoms with Crippen LogP contribution in [0, 0.1) is 18.8 Å². The fraction of sp³-hybridized carbons (Fsp3) is 0.615. The zero-order chi connectivity index (χ0) is 28.4. The Morgan fingerprint density at radius 2 is 2.03 bits per heavy atom. The molecule has 0 radical (unpaired) electrons. The molecule has 4 atom stereocenters. The highest BCUT2D eigenvalue weighted by Crippen LogP contribution is 2.37. The topological polar surface area (TPSA) is 96.6 Å². The van der Waals surface area contributed by atoms with Crippen LogP contribution < -0.4 is 10.1 Å². The molecule has 1 fully saturated rings. The summed E-state index contributed by atoms with van der Waals surface area (Å²) in [4.78, 5) is 13.0. The van der Waals surface area contributed by atoms with Crippen molar-refractivity contribution in [1.29, 1.82) is 0 Å². The van der Waals surface area contributed by atoms with E-state index in [0.717, 1.165) is 13.0 Å². The Kier molecular flexibility index (Phi) is 9.08. The van der Waals surface area contributed by atoms with Gasteiger partial charge in [0.05, 0.1) is 17.7 Å². The monoisotopic (exact) mass is 547 g/mol. The highest BCUT2D eigenvalue weighted by molar-refractivity contribution is 5.95. The largest absolute Gasteiger partial charge is 0.434 e. The Balaban J connectivity index is 1.92. The normalized spacial score (nSPS) is 22.9. The van der Waals surface area contributed by atoms with Crippen molar-refractivity contribution in [3.63, 3.8) is 0 Å². The van der Waals surface area contributed by atoms with Gasteiger partial charge in [0.15, 0.2) is 5.69 Å². The molecule has 1 amide bonds. The van der Waals surface area contributed by atoms with Crippen molar-refractivity contribution in [3.05, 3.63) is 35.0 Å². The van der Waals surface area contributed by atoms with E-state index >= 15 is 0 Å². The van der Waals surface area contributed by atoms with Crippen LogP contribution in [0.15, 0.2) is 18.2 Å². The number of aromatic nitrogens is 2. The van der Waals surface area contributed by atoms with Crippen molar-refractivity contribution in [2.75, 3.05) is 6.54 Å². The van der Waals surface area contributed by atoms with Crippen LogP contribution >= 0.6 is 0 Å². The Morgan fingerprint density at radius 1 is 1.34 bits per heavy atom. The molecule has 1 aliphatic rings. The van der Waals surface area contributed by atoms with Crippen LogP contribution in [0.3, 0.4) is 0 Å². The summed E-state index contributed by atoms with van der Waals surface area (Å²) < 4.78 is 71.7. The number of hydrogen-bond acceptors (Lipinski definition) is 5. The molecule has 1 aromatic carbocycles. The van der Waals surface area contributed by atoms with Gasteiger partial charge in [-0.05, 0) is 63.1 Å². The zero-order valence-corrected chi connectivity index (χ0v) is 21.8. The predicted molar refractivity (Wildman–Crippen MR) is 130 cm³/mol. The van der Waals surface area contributed by atoms with Crippen molar-refractivity contribution in [3.8, 4) is 17.0 Å². The molecular weight excluding hydrogens is 513 g/mol. The Labute approximate surface area is 218 Å². The molecule has 0 bridgehead atoms. The van der Waals surface area contributed by atoms with Crippen LogP contribution in [-0.2, 0) is 13.0 Å². The van der Waals surface area contributed by atoms with Gasteiger partial charge in [0.1, 0.15) is 11.4 Å². The highest BCUT2D eigenvalue weighted by Gasteiger charge is 2.40. The minimum absolute atomic E-state index is 0.0121. The van der Waals surface area contributed by atoms with Crippen LogP contribution in [0.4, 0.5) is 22.0 Å². The summed E-state index contributed by atoms with van der Waals surface area (Å²) in [6.07, 6.45) is -4.44. The van der Waals surface area contributed by atoms with E-state index in [9.17, 15) is 37.0 Å². The van der Waals surface area contributed by atoms with Gasteiger partial charge in [-0.3, -0.25) is 9.48 Å². The van der Waals surface area contributed by atoms with E-state index in [0.29, 0.717) is 30.5 Å². The molecule has 1 aromatic heterocycles. The van der Waals surface area contributed by atoms with E-state index in [1.165, 1.54) is 16.8 Å². The molecule has 3 rings (SSSR count). The van der Waals surface area contributed by atoms with E-state index in [1.807, 2.05) is 6.92 Å². The highest BCUT2D eigenvalue weighted by atomic mass is 19.4. The predicted octanol–water partition coefficient (Wildman–Crippen LogP) is 4.86. The fourth-order valence-electron chi connectivity index (χ4n) is 4.79. The average molecular weight is 548 g/mol. The number of carbonyl (C=O) groups is 1. The number of amides is 1. The SMILES string of the molecule is CCn1nc(C(=O)NC[C@@]2(O)CC[C@H](C)C[C@@H]2O)c(C)c1-c1ccc(C[C@@H](C)C(F)(F)F)cc1OC(F)F. The minimum atomic E-state index is -4.44. The number of nitrogens with one attached hydrogen (secondary N) is 1. The molecule has 2 aromatic rings. The standard InChI is InChI=1S/C26H34F5N3O4/c1-5-34-22(18-7-6-17(11-15(3)26(29,30)31)12-19(18)38-24(27)28)16(4)21(33-34)23(36)32-13-25(37)9-8-14(2)10-20(25)35/h6-7,12,14-15,20,24,35,37H,5,8-11,13H2,1-4H3,(H,32,36)/t14-,15+,20-,25-/m0/s1. The zero-order valence-electron chi connectivity index (χ0n) is 21.8. The number of aliphatic hydroxyl groups is 2. The van der Waals surface area contributed by atoms with E-state index in [-0.39, 0.29) is 41.6 Å². The molecule has 0 spiro atoms. The summed E-state index contributed by atoms with van der Waals surface area (Å²) >= 11 is 0. The second-order valence-electron chi connectivity index (χ2n) is 10.2. The lowest BCUT2D eigenvalue weighted by molar-refractivity contribution is -0.169. The van der Waals surface area contributed by atoms with Gasteiger partial charge in [0, 0.05) is 24.2 Å². The number of benzene rings is 1. The Hall–Kier alpha value is -2.73. The van der Waals surface area contributed by atoms with E-state index < -0.39 is 42.7 Å². The number of aliphatic hydroxyl groups excluding tert-OH is 1. The number of rotatable bonds is 9. The van der Waals surface area contributed by atoms with Gasteiger partial charge < -0.3 is 20.3 Å². The number of ether oxygens (including phenoxy) is 1. The summed E-state index contributed by atoms with van der Waals surface area (Å²) in [5.74, 6) is -2.39. The van der Waals surface area contributed by atoms with Gasteiger partial charge in [0.25, 0.3) is 5.91 Å². The number of carbonyl (C=O) groups excluding carboxylic acids is 1. The van der Waals surface area contributed by atoms with Crippen LogP contribution in [-0.4, -0.2) is 56.9 Å². The molecule has 212 valence electrons. The number of nitrogens with zero attached hydrogens (tertiary/aromatic N) is 2. The van der Waals surface area contributed by atoms with E-state index in [4.69, 9.17) is 0 Å². The summed E-state index contributed by atoms with van der Waals surface area (Å²) in [5.41, 5.74) is -0.537. The summed E-state index contributed by atoms with van der Waals surface area (Å²) in [5, 5.41) is 28.1. The molecule has 12 heteroatoms. The van der Waals surface area contributed by atoms with Gasteiger partial charge in [-0.1, -0.05) is 19.9 Å². The van der Waals surface area contributed by atoms with E-state index in [1.54, 1.807) is 13.8 Å². The van der Waals surface area contributed by atoms with Gasteiger partial charge in [-0.2, -0.15) is 27.1 Å². The van der Waals surface area contributed by atoms with Crippen LogP contribution in [0.1, 0.15) is 61.6 Å². The van der Waals surface area contributed by atoms with Crippen molar-refractivity contribution in [2.45, 2.75) is 84.4 Å². The molecule has 0 unspecified atom stereocenters. The third-order valence-corrected chi connectivity index (χ3v) is 7.19. The number of halogens is 5. The minimum Gasteiger partial charge on any atom is -0.434 e.